The van der Waals surface area contributed by atoms with Crippen LogP contribution in [0.5, 0.6) is 5.75 Å². The number of carbonyl (C=O) groups is 1. The lowest BCUT2D eigenvalue weighted by atomic mass is 10.2. The first-order valence-corrected chi connectivity index (χ1v) is 6.75. The second-order valence-electron chi connectivity index (χ2n) is 4.60. The Morgan fingerprint density at radius 2 is 1.90 bits per heavy atom. The molecule has 5 heteroatoms. The molecule has 1 aromatic heterocycles. The first-order chi connectivity index (χ1) is 10.2. The van der Waals surface area contributed by atoms with Gasteiger partial charge in [-0.05, 0) is 17.7 Å². The van der Waals surface area contributed by atoms with Crippen molar-refractivity contribution in [2.24, 2.45) is 0 Å². The highest BCUT2D eigenvalue weighted by Crippen LogP contribution is 2.05. The van der Waals surface area contributed by atoms with Crippen LogP contribution < -0.4 is 10.3 Å². The number of benzene rings is 1. The van der Waals surface area contributed by atoms with Crippen molar-refractivity contribution in [2.75, 3.05) is 6.61 Å². The molecule has 0 aliphatic rings. The first kappa shape index (κ1) is 14.8. The van der Waals surface area contributed by atoms with Crippen molar-refractivity contribution < 1.29 is 14.6 Å². The molecule has 0 aliphatic carbocycles. The zero-order valence-corrected chi connectivity index (χ0v) is 11.6. The van der Waals surface area contributed by atoms with Gasteiger partial charge in [-0.3, -0.25) is 9.59 Å². The molecule has 0 unspecified atom stereocenters. The van der Waals surface area contributed by atoms with Gasteiger partial charge in [-0.2, -0.15) is 0 Å². The van der Waals surface area contributed by atoms with Gasteiger partial charge >= 0.3 is 5.97 Å². The number of aromatic nitrogens is 1. The third-order valence-electron chi connectivity index (χ3n) is 3.04. The predicted molar refractivity (Wildman–Crippen MR) is 78.6 cm³/mol. The van der Waals surface area contributed by atoms with Crippen LogP contribution in [0.4, 0.5) is 0 Å². The van der Waals surface area contributed by atoms with Crippen LogP contribution in [0.15, 0.2) is 53.5 Å². The Morgan fingerprint density at radius 1 is 1.14 bits per heavy atom. The lowest BCUT2D eigenvalue weighted by Gasteiger charge is -2.08. The Morgan fingerprint density at radius 3 is 2.62 bits per heavy atom. The van der Waals surface area contributed by atoms with Crippen molar-refractivity contribution in [1.82, 2.24) is 4.57 Å². The normalized spacial score (nSPS) is 10.3. The molecule has 0 fully saturated rings. The van der Waals surface area contributed by atoms with Crippen LogP contribution >= 0.6 is 0 Å². The summed E-state index contributed by atoms with van der Waals surface area (Å²) in [6.45, 7) is 0.548. The molecule has 21 heavy (non-hydrogen) atoms. The van der Waals surface area contributed by atoms with Gasteiger partial charge in [0, 0.05) is 19.2 Å². The van der Waals surface area contributed by atoms with E-state index in [0.29, 0.717) is 13.0 Å². The summed E-state index contributed by atoms with van der Waals surface area (Å²) in [5, 5.41) is 8.66. The molecule has 1 heterocycles. The van der Waals surface area contributed by atoms with Crippen LogP contribution in [0, 0.1) is 0 Å². The Kier molecular flexibility index (Phi) is 5.15. The van der Waals surface area contributed by atoms with Crippen LogP contribution in [-0.4, -0.2) is 22.2 Å². The SMILES string of the molecule is O=C(O)CCn1cccc(OCCc2ccccc2)c1=O. The van der Waals surface area contributed by atoms with Gasteiger partial charge in [0.25, 0.3) is 5.56 Å². The zero-order valence-electron chi connectivity index (χ0n) is 11.6. The summed E-state index contributed by atoms with van der Waals surface area (Å²) in [4.78, 5) is 22.6. The number of carboxylic acids is 1. The molecule has 0 atom stereocenters. The third-order valence-corrected chi connectivity index (χ3v) is 3.04. The maximum Gasteiger partial charge on any atom is 0.305 e. The van der Waals surface area contributed by atoms with Gasteiger partial charge in [0.05, 0.1) is 13.0 Å². The summed E-state index contributed by atoms with van der Waals surface area (Å²) in [6.07, 6.45) is 2.19. The van der Waals surface area contributed by atoms with Crippen molar-refractivity contribution in [2.45, 2.75) is 19.4 Å². The van der Waals surface area contributed by atoms with Gasteiger partial charge in [0.15, 0.2) is 5.75 Å². The van der Waals surface area contributed by atoms with Gasteiger partial charge in [-0.1, -0.05) is 30.3 Å². The molecular formula is C16H17NO4. The number of carboxylic acid groups (broad SMARTS) is 1. The van der Waals surface area contributed by atoms with E-state index in [1.165, 1.54) is 4.57 Å². The fourth-order valence-electron chi connectivity index (χ4n) is 1.94. The number of rotatable bonds is 7. The fraction of sp³-hybridized carbons (Fsp3) is 0.250. The average molecular weight is 287 g/mol. The number of aryl methyl sites for hydroxylation is 1. The lowest BCUT2D eigenvalue weighted by molar-refractivity contribution is -0.137. The molecule has 0 saturated carbocycles. The van der Waals surface area contributed by atoms with E-state index in [9.17, 15) is 9.59 Å². The van der Waals surface area contributed by atoms with Crippen molar-refractivity contribution in [3.63, 3.8) is 0 Å². The second-order valence-corrected chi connectivity index (χ2v) is 4.60. The molecule has 110 valence electrons. The number of pyridine rings is 1. The van der Waals surface area contributed by atoms with E-state index < -0.39 is 5.97 Å². The molecular weight excluding hydrogens is 270 g/mol. The van der Waals surface area contributed by atoms with Crippen LogP contribution in [0.25, 0.3) is 0 Å². The minimum Gasteiger partial charge on any atom is -0.488 e. The van der Waals surface area contributed by atoms with E-state index in [2.05, 4.69) is 0 Å². The van der Waals surface area contributed by atoms with E-state index in [0.717, 1.165) is 5.56 Å². The molecule has 1 N–H and O–H groups in total. The van der Waals surface area contributed by atoms with Gasteiger partial charge in [0.1, 0.15) is 0 Å². The summed E-state index contributed by atoms with van der Waals surface area (Å²) in [6, 6.07) is 13.1. The van der Waals surface area contributed by atoms with Crippen LogP contribution in [0.2, 0.25) is 0 Å². The zero-order chi connectivity index (χ0) is 15.1. The summed E-state index contributed by atoms with van der Waals surface area (Å²) >= 11 is 0. The summed E-state index contributed by atoms with van der Waals surface area (Å²) < 4.78 is 6.86. The van der Waals surface area contributed by atoms with Crippen molar-refractivity contribution in [1.29, 1.82) is 0 Å². The number of hydrogen-bond acceptors (Lipinski definition) is 3. The molecule has 0 spiro atoms. The monoisotopic (exact) mass is 287 g/mol. The van der Waals surface area contributed by atoms with Gasteiger partial charge in [0.2, 0.25) is 0 Å². The number of ether oxygens (including phenoxy) is 1. The average Bonchev–Trinajstić information content (AvgIpc) is 2.49. The smallest absolute Gasteiger partial charge is 0.305 e. The molecule has 2 rings (SSSR count). The van der Waals surface area contributed by atoms with E-state index in [1.54, 1.807) is 18.3 Å². The highest BCUT2D eigenvalue weighted by Gasteiger charge is 2.06. The van der Waals surface area contributed by atoms with E-state index >= 15 is 0 Å². The maximum absolute atomic E-state index is 12.1. The maximum atomic E-state index is 12.1. The van der Waals surface area contributed by atoms with Crippen LogP contribution in [0.3, 0.4) is 0 Å². The Hall–Kier alpha value is -2.56. The second kappa shape index (κ2) is 7.28. The van der Waals surface area contributed by atoms with Gasteiger partial charge in [-0.25, -0.2) is 0 Å². The first-order valence-electron chi connectivity index (χ1n) is 6.75. The lowest BCUT2D eigenvalue weighted by Crippen LogP contribution is -2.23. The molecule has 1 aromatic carbocycles. The molecule has 5 nitrogen and oxygen atoms in total. The number of hydrogen-bond donors (Lipinski definition) is 1. The largest absolute Gasteiger partial charge is 0.488 e. The standard InChI is InChI=1S/C16H17NO4/c18-15(19)8-11-17-10-4-7-14(16(17)20)21-12-9-13-5-2-1-3-6-13/h1-7,10H,8-9,11-12H2,(H,18,19). The summed E-state index contributed by atoms with van der Waals surface area (Å²) in [5.74, 6) is -0.684. The molecule has 0 saturated heterocycles. The minimum atomic E-state index is -0.933. The van der Waals surface area contributed by atoms with Crippen LogP contribution in [-0.2, 0) is 17.8 Å². The fourth-order valence-corrected chi connectivity index (χ4v) is 1.94. The molecule has 0 radical (unpaired) electrons. The number of aliphatic carboxylic acids is 1. The Balaban J connectivity index is 1.95. The van der Waals surface area contributed by atoms with Crippen LogP contribution in [0.1, 0.15) is 12.0 Å². The quantitative estimate of drug-likeness (QED) is 0.845. The molecule has 2 aromatic rings. The van der Waals surface area contributed by atoms with Crippen molar-refractivity contribution in [3.8, 4) is 5.75 Å². The van der Waals surface area contributed by atoms with Crippen molar-refractivity contribution >= 4 is 5.97 Å². The van der Waals surface area contributed by atoms with Crippen molar-refractivity contribution in [3.05, 3.63) is 64.6 Å². The predicted octanol–water partition coefficient (Wildman–Crippen LogP) is 1.94. The highest BCUT2D eigenvalue weighted by atomic mass is 16.5. The topological polar surface area (TPSA) is 68.5 Å². The Bertz CT molecular complexity index is 649. The van der Waals surface area contributed by atoms with E-state index in [1.807, 2.05) is 30.3 Å². The summed E-state index contributed by atoms with van der Waals surface area (Å²) in [5.41, 5.74) is 0.839. The Labute approximate surface area is 122 Å². The van der Waals surface area contributed by atoms with Gasteiger partial charge in [-0.15, -0.1) is 0 Å². The molecule has 0 bridgehead atoms. The highest BCUT2D eigenvalue weighted by molar-refractivity contribution is 5.66. The minimum absolute atomic E-state index is 0.0899. The third kappa shape index (κ3) is 4.49. The van der Waals surface area contributed by atoms with E-state index in [-0.39, 0.29) is 24.3 Å². The van der Waals surface area contributed by atoms with E-state index in [4.69, 9.17) is 9.84 Å². The molecule has 0 aliphatic heterocycles. The van der Waals surface area contributed by atoms with Gasteiger partial charge < -0.3 is 14.4 Å². The summed E-state index contributed by atoms with van der Waals surface area (Å²) in [7, 11) is 0. The number of nitrogens with zero attached hydrogens (tertiary/aromatic N) is 1. The molecule has 0 amide bonds.